The molecule has 0 aromatic rings. The highest BCUT2D eigenvalue weighted by Gasteiger charge is 2.73. The number of hydrogen-bond donors (Lipinski definition) is 2. The van der Waals surface area contributed by atoms with E-state index in [0.29, 0.717) is 24.5 Å². The van der Waals surface area contributed by atoms with Crippen LogP contribution in [-0.4, -0.2) is 53.1 Å². The van der Waals surface area contributed by atoms with E-state index in [1.807, 2.05) is 6.08 Å². The Morgan fingerprint density at radius 3 is 2.77 bits per heavy atom. The van der Waals surface area contributed by atoms with Crippen molar-refractivity contribution in [1.29, 1.82) is 0 Å². The number of hydrogen-bond acceptors (Lipinski definition) is 5. The number of rotatable bonds is 2. The van der Waals surface area contributed by atoms with Crippen LogP contribution in [0.3, 0.4) is 0 Å². The molecule has 1 spiro atoms. The van der Waals surface area contributed by atoms with Crippen LogP contribution in [0.2, 0.25) is 0 Å². The maximum Gasteiger partial charge on any atom is 0.187 e. The monoisotopic (exact) mass is 308 g/mol. The number of ether oxygens (including phenoxy) is 2. The Bertz CT molecular complexity index is 537. The van der Waals surface area contributed by atoms with Crippen LogP contribution in [0.5, 0.6) is 0 Å². The van der Waals surface area contributed by atoms with Crippen molar-refractivity contribution in [2.75, 3.05) is 13.2 Å². The van der Waals surface area contributed by atoms with Gasteiger partial charge in [-0.1, -0.05) is 6.92 Å². The lowest BCUT2D eigenvalue weighted by Gasteiger charge is -2.61. The van der Waals surface area contributed by atoms with Crippen molar-refractivity contribution < 1.29 is 24.5 Å². The minimum Gasteiger partial charge on any atom is -0.396 e. The lowest BCUT2D eigenvalue weighted by atomic mass is 9.54. The molecule has 2 unspecified atom stereocenters. The van der Waals surface area contributed by atoms with E-state index in [1.54, 1.807) is 6.92 Å². The van der Waals surface area contributed by atoms with Crippen molar-refractivity contribution in [1.82, 2.24) is 0 Å². The second kappa shape index (κ2) is 4.63. The normalized spacial score (nSPS) is 53.2. The number of carbonyl (C=O) groups excluding carboxylic acids is 1. The van der Waals surface area contributed by atoms with Crippen LogP contribution in [0.25, 0.3) is 0 Å². The number of fused-ring (bicyclic) bond motifs is 2. The van der Waals surface area contributed by atoms with Gasteiger partial charge in [-0.15, -0.1) is 0 Å². The second-order valence-electron chi connectivity index (χ2n) is 7.50. The maximum absolute atomic E-state index is 12.4. The Morgan fingerprint density at radius 1 is 1.45 bits per heavy atom. The molecule has 4 aliphatic rings. The van der Waals surface area contributed by atoms with Crippen LogP contribution < -0.4 is 0 Å². The first-order chi connectivity index (χ1) is 10.5. The number of Topliss-reactive ketones (excluding diaryl/α,β-unsaturated/α-hetero) is 1. The summed E-state index contributed by atoms with van der Waals surface area (Å²) < 4.78 is 12.4. The third-order valence-electron chi connectivity index (χ3n) is 6.62. The first-order valence-electron chi connectivity index (χ1n) is 8.28. The number of carbonyl (C=O) groups is 1. The van der Waals surface area contributed by atoms with E-state index >= 15 is 0 Å². The molecule has 0 aromatic heterocycles. The minimum atomic E-state index is -1.12. The van der Waals surface area contributed by atoms with Crippen molar-refractivity contribution in [3.63, 3.8) is 0 Å². The zero-order chi connectivity index (χ0) is 15.7. The predicted octanol–water partition coefficient (Wildman–Crippen LogP) is 0.828. The summed E-state index contributed by atoms with van der Waals surface area (Å²) in [4.78, 5) is 12.4. The fourth-order valence-electron chi connectivity index (χ4n) is 5.57. The minimum absolute atomic E-state index is 0.0209. The summed E-state index contributed by atoms with van der Waals surface area (Å²) in [5, 5.41) is 20.5. The Balaban J connectivity index is 1.86. The van der Waals surface area contributed by atoms with Gasteiger partial charge in [0.05, 0.1) is 18.8 Å². The Morgan fingerprint density at radius 2 is 2.18 bits per heavy atom. The average Bonchev–Trinajstić information content (AvgIpc) is 2.68. The number of ketones is 1. The van der Waals surface area contributed by atoms with Crippen molar-refractivity contribution >= 4 is 5.78 Å². The molecule has 5 nitrogen and oxygen atoms in total. The average molecular weight is 308 g/mol. The van der Waals surface area contributed by atoms with Crippen molar-refractivity contribution in [2.24, 2.45) is 17.3 Å². The van der Waals surface area contributed by atoms with Gasteiger partial charge in [0.25, 0.3) is 0 Å². The molecular weight excluding hydrogens is 284 g/mol. The fraction of sp³-hybridized carbons (Fsp3) is 0.824. The molecule has 22 heavy (non-hydrogen) atoms. The molecule has 2 bridgehead atoms. The highest BCUT2D eigenvalue weighted by Crippen LogP contribution is 2.65. The van der Waals surface area contributed by atoms with Crippen molar-refractivity contribution in [2.45, 2.75) is 57.0 Å². The molecular formula is C17H24O5. The van der Waals surface area contributed by atoms with E-state index in [1.165, 1.54) is 0 Å². The Labute approximate surface area is 130 Å². The molecule has 2 aliphatic heterocycles. The summed E-state index contributed by atoms with van der Waals surface area (Å²) in [7, 11) is 0. The molecule has 1 saturated carbocycles. The predicted molar refractivity (Wildman–Crippen MR) is 78.1 cm³/mol. The van der Waals surface area contributed by atoms with E-state index in [0.717, 1.165) is 12.8 Å². The van der Waals surface area contributed by atoms with E-state index in [2.05, 4.69) is 6.92 Å². The Hall–Kier alpha value is -0.750. The first kappa shape index (κ1) is 14.8. The molecule has 2 saturated heterocycles. The molecule has 0 aromatic carbocycles. The standard InChI is InChI=1S/C17H24O5/c1-9-8-12-16(3-5-18,14(20)13(9)19)11-7-10(2)15(22-12)17(11)4-6-21-17/h8,10-12,14-15,18,20H,3-7H2,1-2H3/t10-,11-,12-,14?,15-,16?,17-/m1/s1. The molecule has 2 aliphatic carbocycles. The van der Waals surface area contributed by atoms with Gasteiger partial charge >= 0.3 is 0 Å². The van der Waals surface area contributed by atoms with E-state index < -0.39 is 11.5 Å². The smallest absolute Gasteiger partial charge is 0.187 e. The van der Waals surface area contributed by atoms with Gasteiger partial charge < -0.3 is 19.7 Å². The van der Waals surface area contributed by atoms with E-state index in [-0.39, 0.29) is 36.1 Å². The zero-order valence-electron chi connectivity index (χ0n) is 13.1. The van der Waals surface area contributed by atoms with Crippen LogP contribution >= 0.6 is 0 Å². The summed E-state index contributed by atoms with van der Waals surface area (Å²) in [5.74, 6) is 0.159. The van der Waals surface area contributed by atoms with Gasteiger partial charge in [0.15, 0.2) is 5.78 Å². The summed E-state index contributed by atoms with van der Waals surface area (Å²) in [6.07, 6.45) is 2.59. The molecule has 7 atom stereocenters. The Kier molecular flexibility index (Phi) is 3.12. The third kappa shape index (κ3) is 1.51. The summed E-state index contributed by atoms with van der Waals surface area (Å²) in [6, 6.07) is 0. The molecule has 122 valence electrons. The van der Waals surface area contributed by atoms with Gasteiger partial charge in [-0.2, -0.15) is 0 Å². The van der Waals surface area contributed by atoms with Gasteiger partial charge in [-0.3, -0.25) is 4.79 Å². The lowest BCUT2D eigenvalue weighted by Crippen LogP contribution is -2.71. The van der Waals surface area contributed by atoms with E-state index in [4.69, 9.17) is 9.47 Å². The van der Waals surface area contributed by atoms with Gasteiger partial charge in [-0.05, 0) is 37.3 Å². The second-order valence-corrected chi connectivity index (χ2v) is 7.50. The van der Waals surface area contributed by atoms with Gasteiger partial charge in [0.1, 0.15) is 11.7 Å². The van der Waals surface area contributed by atoms with Gasteiger partial charge in [0.2, 0.25) is 0 Å². The van der Waals surface area contributed by atoms with Gasteiger partial charge in [0, 0.05) is 24.4 Å². The van der Waals surface area contributed by atoms with Crippen LogP contribution in [0.4, 0.5) is 0 Å². The zero-order valence-corrected chi connectivity index (χ0v) is 13.1. The molecule has 2 heterocycles. The molecule has 4 rings (SSSR count). The highest BCUT2D eigenvalue weighted by atomic mass is 16.6. The quantitative estimate of drug-likeness (QED) is 0.790. The largest absolute Gasteiger partial charge is 0.396 e. The molecule has 0 amide bonds. The van der Waals surface area contributed by atoms with Crippen LogP contribution in [0.1, 0.15) is 33.1 Å². The fourth-order valence-corrected chi connectivity index (χ4v) is 5.57. The topological polar surface area (TPSA) is 76.0 Å². The maximum atomic E-state index is 12.4. The first-order valence-corrected chi connectivity index (χ1v) is 8.28. The molecule has 5 heteroatoms. The summed E-state index contributed by atoms with van der Waals surface area (Å²) in [5.41, 5.74) is -0.568. The van der Waals surface area contributed by atoms with Crippen molar-refractivity contribution in [3.8, 4) is 0 Å². The third-order valence-corrected chi connectivity index (χ3v) is 6.62. The number of aliphatic hydroxyl groups excluding tert-OH is 2. The van der Waals surface area contributed by atoms with Crippen molar-refractivity contribution in [3.05, 3.63) is 11.6 Å². The molecule has 2 N–H and O–H groups in total. The van der Waals surface area contributed by atoms with Crippen LogP contribution in [0, 0.1) is 17.3 Å². The highest BCUT2D eigenvalue weighted by molar-refractivity contribution is 6.00. The van der Waals surface area contributed by atoms with Crippen LogP contribution in [-0.2, 0) is 14.3 Å². The van der Waals surface area contributed by atoms with Gasteiger partial charge in [-0.25, -0.2) is 0 Å². The summed E-state index contributed by atoms with van der Waals surface area (Å²) in [6.45, 7) is 4.53. The lowest BCUT2D eigenvalue weighted by molar-refractivity contribution is -0.312. The molecule has 3 fully saturated rings. The van der Waals surface area contributed by atoms with Crippen LogP contribution in [0.15, 0.2) is 11.6 Å². The number of aliphatic hydroxyl groups is 2. The van der Waals surface area contributed by atoms with E-state index in [9.17, 15) is 15.0 Å². The summed E-state index contributed by atoms with van der Waals surface area (Å²) >= 11 is 0. The molecule has 0 radical (unpaired) electrons. The SMILES string of the molecule is CC1=C[C@H]2O[C@@H]3[C@H](C)C[C@H](C2(CCO)C(O)C1=O)[C@]31CCO1.